The van der Waals surface area contributed by atoms with Crippen LogP contribution in [0, 0.1) is 17.8 Å². The van der Waals surface area contributed by atoms with E-state index in [9.17, 15) is 24.3 Å². The first kappa shape index (κ1) is 27.1. The van der Waals surface area contributed by atoms with Crippen LogP contribution in [0.2, 0.25) is 5.02 Å². The highest BCUT2D eigenvalue weighted by Gasteiger charge is 2.76. The fourth-order valence-electron chi connectivity index (χ4n) is 6.98. The molecule has 208 valence electrons. The molecular weight excluding hydrogens is 579 g/mol. The maximum Gasteiger partial charge on any atom is 0.253 e. The largest absolute Gasteiger partial charge is 0.504 e. The van der Waals surface area contributed by atoms with Gasteiger partial charge in [-0.25, -0.2) is 0 Å². The van der Waals surface area contributed by atoms with E-state index >= 15 is 0 Å². The number of alkyl halides is 2. The van der Waals surface area contributed by atoms with Gasteiger partial charge in [0.15, 0.2) is 21.2 Å². The maximum atomic E-state index is 14.0. The zero-order chi connectivity index (χ0) is 28.7. The van der Waals surface area contributed by atoms with E-state index in [2.05, 4.69) is 0 Å². The molecule has 2 saturated heterocycles. The van der Waals surface area contributed by atoms with Crippen LogP contribution in [0.4, 0.5) is 5.69 Å². The molecule has 6 rings (SSSR count). The second-order valence-electron chi connectivity index (χ2n) is 10.6. The number of fused-ring (bicyclic) bond motifs is 4. The SMILES string of the molecule is CCOc1cccc(C2C3=CCC4C(=O)N(c5ccc(Cl)cc5)C(=O)C4C3CC3(Cl)C(=O)N(C)C(=O)C23Cl)c1O. The molecule has 11 heteroatoms. The summed E-state index contributed by atoms with van der Waals surface area (Å²) in [6.07, 6.45) is 1.90. The predicted molar refractivity (Wildman–Crippen MR) is 149 cm³/mol. The third-order valence-corrected chi connectivity index (χ3v) is 10.4. The Hall–Kier alpha value is -3.07. The van der Waals surface area contributed by atoms with Crippen molar-refractivity contribution in [3.63, 3.8) is 0 Å². The number of hydrogen-bond donors (Lipinski definition) is 1. The van der Waals surface area contributed by atoms with E-state index in [0.29, 0.717) is 16.3 Å². The molecule has 4 amide bonds. The zero-order valence-corrected chi connectivity index (χ0v) is 23.8. The number of allylic oxidation sites excluding steroid dienone is 2. The summed E-state index contributed by atoms with van der Waals surface area (Å²) in [5.41, 5.74) is 1.24. The van der Waals surface area contributed by atoms with Crippen LogP contribution in [-0.2, 0) is 19.2 Å². The number of carbonyl (C=O) groups is 4. The summed E-state index contributed by atoms with van der Waals surface area (Å²) in [5.74, 6) is -5.51. The Morgan fingerprint density at radius 3 is 2.38 bits per heavy atom. The molecule has 6 unspecified atom stereocenters. The molecule has 6 atom stereocenters. The van der Waals surface area contributed by atoms with Gasteiger partial charge in [0.25, 0.3) is 11.8 Å². The first-order chi connectivity index (χ1) is 19.0. The predicted octanol–water partition coefficient (Wildman–Crippen LogP) is 4.64. The number of hydrogen-bond acceptors (Lipinski definition) is 6. The first-order valence-corrected chi connectivity index (χ1v) is 14.1. The summed E-state index contributed by atoms with van der Waals surface area (Å²) >= 11 is 20.3. The molecule has 2 heterocycles. The molecule has 0 bridgehead atoms. The Bertz CT molecular complexity index is 1510. The Labute approximate surface area is 245 Å². The van der Waals surface area contributed by atoms with Crippen molar-refractivity contribution in [3.8, 4) is 11.5 Å². The van der Waals surface area contributed by atoms with Crippen molar-refractivity contribution in [2.45, 2.75) is 35.4 Å². The van der Waals surface area contributed by atoms with E-state index in [0.717, 1.165) is 9.80 Å². The number of ether oxygens (including phenoxy) is 1. The lowest BCUT2D eigenvalue weighted by Gasteiger charge is -2.50. The van der Waals surface area contributed by atoms with Gasteiger partial charge in [0.2, 0.25) is 11.8 Å². The number of likely N-dealkylation sites (tertiary alicyclic amines) is 1. The summed E-state index contributed by atoms with van der Waals surface area (Å²) in [6.45, 7) is 2.04. The summed E-state index contributed by atoms with van der Waals surface area (Å²) in [6, 6.07) is 11.3. The molecule has 3 fully saturated rings. The monoisotopic (exact) mass is 602 g/mol. The Balaban J connectivity index is 1.53. The number of para-hydroxylation sites is 1. The molecule has 2 aromatic rings. The number of amides is 4. The van der Waals surface area contributed by atoms with Gasteiger partial charge < -0.3 is 9.84 Å². The third-order valence-electron chi connectivity index (χ3n) is 8.74. The number of phenols is 1. The summed E-state index contributed by atoms with van der Waals surface area (Å²) < 4.78 is 5.59. The standard InChI is InChI=1S/C29H25Cl3N2O6/c1-3-40-20-6-4-5-18(23(20)35)22-16-11-12-17-21(25(37)34(24(17)36)15-9-7-14(30)8-10-15)19(16)13-28(31)26(38)33(2)27(39)29(22,28)32/h4-11,17,19,21-22,35H,3,12-13H2,1-2H3. The Morgan fingerprint density at radius 1 is 1.00 bits per heavy atom. The van der Waals surface area contributed by atoms with Crippen molar-refractivity contribution in [3.05, 3.63) is 64.7 Å². The van der Waals surface area contributed by atoms with Gasteiger partial charge in [-0.15, -0.1) is 23.2 Å². The molecule has 2 aromatic carbocycles. The van der Waals surface area contributed by atoms with Crippen molar-refractivity contribution in [1.82, 2.24) is 4.90 Å². The topological polar surface area (TPSA) is 104 Å². The van der Waals surface area contributed by atoms with Crippen molar-refractivity contribution in [2.75, 3.05) is 18.6 Å². The highest BCUT2D eigenvalue weighted by Crippen LogP contribution is 2.66. The van der Waals surface area contributed by atoms with Crippen LogP contribution < -0.4 is 9.64 Å². The van der Waals surface area contributed by atoms with Crippen molar-refractivity contribution in [1.29, 1.82) is 0 Å². The zero-order valence-electron chi connectivity index (χ0n) is 21.6. The van der Waals surface area contributed by atoms with Gasteiger partial charge in [-0.1, -0.05) is 35.4 Å². The second kappa shape index (κ2) is 9.23. The van der Waals surface area contributed by atoms with Gasteiger partial charge in [0.05, 0.1) is 24.1 Å². The third kappa shape index (κ3) is 3.39. The quantitative estimate of drug-likeness (QED) is 0.310. The lowest BCUT2D eigenvalue weighted by Crippen LogP contribution is -2.60. The summed E-state index contributed by atoms with van der Waals surface area (Å²) in [7, 11) is 1.32. The van der Waals surface area contributed by atoms with E-state index in [-0.39, 0.29) is 42.4 Å². The van der Waals surface area contributed by atoms with E-state index in [4.69, 9.17) is 39.5 Å². The molecule has 0 aromatic heterocycles. The minimum absolute atomic E-state index is 0.129. The number of phenolic OH excluding ortho intramolecular Hbond substituents is 1. The number of nitrogens with zero attached hydrogens (tertiary/aromatic N) is 2. The van der Waals surface area contributed by atoms with Gasteiger partial charge >= 0.3 is 0 Å². The van der Waals surface area contributed by atoms with Crippen LogP contribution in [0.15, 0.2) is 54.1 Å². The first-order valence-electron chi connectivity index (χ1n) is 13.0. The van der Waals surface area contributed by atoms with Gasteiger partial charge in [0.1, 0.15) is 0 Å². The average molecular weight is 604 g/mol. The molecule has 0 spiro atoms. The lowest BCUT2D eigenvalue weighted by molar-refractivity contribution is -0.138. The van der Waals surface area contributed by atoms with Gasteiger partial charge in [0, 0.05) is 23.6 Å². The minimum atomic E-state index is -1.99. The van der Waals surface area contributed by atoms with Gasteiger partial charge in [-0.05, 0) is 56.0 Å². The molecule has 40 heavy (non-hydrogen) atoms. The number of aromatic hydroxyl groups is 1. The number of imide groups is 2. The highest BCUT2D eigenvalue weighted by atomic mass is 35.5. The normalized spacial score (nSPS) is 33.1. The number of anilines is 1. The lowest BCUT2D eigenvalue weighted by atomic mass is 9.56. The Morgan fingerprint density at radius 2 is 1.70 bits per heavy atom. The van der Waals surface area contributed by atoms with Crippen LogP contribution in [0.3, 0.4) is 0 Å². The van der Waals surface area contributed by atoms with Crippen LogP contribution in [-0.4, -0.2) is 57.0 Å². The maximum absolute atomic E-state index is 14.0. The molecule has 4 aliphatic rings. The minimum Gasteiger partial charge on any atom is -0.504 e. The van der Waals surface area contributed by atoms with Gasteiger partial charge in [-0.2, -0.15) is 0 Å². The van der Waals surface area contributed by atoms with Crippen molar-refractivity contribution < 1.29 is 29.0 Å². The molecule has 1 saturated carbocycles. The molecule has 1 N–H and O–H groups in total. The van der Waals surface area contributed by atoms with Crippen LogP contribution in [0.5, 0.6) is 11.5 Å². The summed E-state index contributed by atoms with van der Waals surface area (Å²) in [4.78, 5) is 52.9. The van der Waals surface area contributed by atoms with E-state index in [1.165, 1.54) is 7.05 Å². The van der Waals surface area contributed by atoms with Gasteiger partial charge in [-0.3, -0.25) is 29.0 Å². The summed E-state index contributed by atoms with van der Waals surface area (Å²) in [5, 5.41) is 11.8. The second-order valence-corrected chi connectivity index (χ2v) is 12.3. The number of halogens is 3. The fraction of sp³-hybridized carbons (Fsp3) is 0.379. The fourth-order valence-corrected chi connectivity index (χ4v) is 8.12. The molecule has 8 nitrogen and oxygen atoms in total. The van der Waals surface area contributed by atoms with E-state index in [1.54, 1.807) is 49.4 Å². The number of rotatable bonds is 4. The Kier molecular flexibility index (Phi) is 6.25. The smallest absolute Gasteiger partial charge is 0.253 e. The van der Waals surface area contributed by atoms with Crippen molar-refractivity contribution >= 4 is 64.1 Å². The van der Waals surface area contributed by atoms with Crippen LogP contribution in [0.1, 0.15) is 31.2 Å². The van der Waals surface area contributed by atoms with E-state index in [1.807, 2.05) is 6.08 Å². The molecule has 2 aliphatic heterocycles. The highest BCUT2D eigenvalue weighted by molar-refractivity contribution is 6.53. The average Bonchev–Trinajstić information content (AvgIpc) is 3.26. The molecule has 2 aliphatic carbocycles. The van der Waals surface area contributed by atoms with Crippen LogP contribution >= 0.6 is 34.8 Å². The number of benzene rings is 2. The molecular formula is C29H25Cl3N2O6. The van der Waals surface area contributed by atoms with Crippen molar-refractivity contribution in [2.24, 2.45) is 17.8 Å². The number of carbonyl (C=O) groups excluding carboxylic acids is 4. The van der Waals surface area contributed by atoms with Crippen LogP contribution in [0.25, 0.3) is 0 Å². The van der Waals surface area contributed by atoms with E-state index < -0.39 is 51.1 Å². The molecule has 0 radical (unpaired) electrons.